The van der Waals surface area contributed by atoms with E-state index < -0.39 is 6.10 Å². The molecule has 0 saturated heterocycles. The zero-order valence-corrected chi connectivity index (χ0v) is 41.3. The highest BCUT2D eigenvalue weighted by molar-refractivity contribution is 5.71. The molecule has 6 nitrogen and oxygen atoms in total. The van der Waals surface area contributed by atoms with E-state index in [1.807, 2.05) is 0 Å². The molecule has 0 unspecified atom stereocenters. The maximum absolute atomic E-state index is 12.8. The van der Waals surface area contributed by atoms with Crippen LogP contribution < -0.4 is 0 Å². The molecule has 362 valence electrons. The number of ether oxygens (including phenoxy) is 3. The average Bonchev–Trinajstić information content (AvgIpc) is 3.28. The Labute approximate surface area is 389 Å². The number of hydrogen-bond donors (Lipinski definition) is 0. The third-order valence-corrected chi connectivity index (χ3v) is 11.2. The van der Waals surface area contributed by atoms with E-state index in [-0.39, 0.29) is 31.1 Å². The molecule has 1 atom stereocenters. The molecule has 6 heteroatoms. The predicted molar refractivity (Wildman–Crippen MR) is 270 cm³/mol. The van der Waals surface area contributed by atoms with Gasteiger partial charge in [-0.3, -0.25) is 14.4 Å². The molecule has 0 N–H and O–H groups in total. The summed E-state index contributed by atoms with van der Waals surface area (Å²) in [6, 6.07) is 0. The van der Waals surface area contributed by atoms with Crippen LogP contribution >= 0.6 is 0 Å². The number of esters is 3. The van der Waals surface area contributed by atoms with E-state index in [1.54, 1.807) is 0 Å². The van der Waals surface area contributed by atoms with Gasteiger partial charge in [-0.1, -0.05) is 190 Å². The average molecular weight is 879 g/mol. The molecular weight excluding hydrogens is 781 g/mol. The molecule has 0 heterocycles. The lowest BCUT2D eigenvalue weighted by atomic mass is 10.1. The summed E-state index contributed by atoms with van der Waals surface area (Å²) in [6.07, 6.45) is 64.5. The van der Waals surface area contributed by atoms with E-state index in [0.717, 1.165) is 116 Å². The first-order valence-electron chi connectivity index (χ1n) is 26.4. The summed E-state index contributed by atoms with van der Waals surface area (Å²) in [5.74, 6) is -0.936. The molecule has 0 amide bonds. The van der Waals surface area contributed by atoms with Crippen molar-refractivity contribution in [1.29, 1.82) is 0 Å². The Morgan fingerprint density at radius 3 is 0.937 bits per heavy atom. The van der Waals surface area contributed by atoms with Crippen molar-refractivity contribution in [2.24, 2.45) is 0 Å². The van der Waals surface area contributed by atoms with Crippen molar-refractivity contribution in [3.63, 3.8) is 0 Å². The van der Waals surface area contributed by atoms with Gasteiger partial charge in [-0.2, -0.15) is 0 Å². The van der Waals surface area contributed by atoms with Crippen LogP contribution in [0, 0.1) is 0 Å². The second kappa shape index (κ2) is 51.5. The maximum atomic E-state index is 12.8. The zero-order chi connectivity index (χ0) is 45.8. The molecule has 0 aromatic heterocycles. The van der Waals surface area contributed by atoms with Gasteiger partial charge in [0.1, 0.15) is 13.2 Å². The standard InChI is InChI=1S/C57H98O6/c1-4-7-10-13-16-19-22-25-27-28-30-33-36-39-42-45-48-51-57(60)63-54(52-61-55(58)49-46-43-40-37-34-31-24-21-18-15-12-9-6-3)53-62-56(59)50-47-44-41-38-35-32-29-26-23-20-17-14-11-8-5-2/h16-17,19-21,24-27,29-30,33,54H,4-15,18,22-23,28,31-32,34-53H2,1-3H3/b19-16-,20-17-,24-21-,27-25-,29-26-,33-30-/t54-/m0/s1. The van der Waals surface area contributed by atoms with Gasteiger partial charge in [0.25, 0.3) is 0 Å². The first kappa shape index (κ1) is 59.9. The third kappa shape index (κ3) is 49.7. The Kier molecular flexibility index (Phi) is 48.9. The molecule has 0 aromatic carbocycles. The minimum Gasteiger partial charge on any atom is -0.462 e. The van der Waals surface area contributed by atoms with E-state index in [9.17, 15) is 14.4 Å². The van der Waals surface area contributed by atoms with Crippen molar-refractivity contribution < 1.29 is 28.6 Å². The highest BCUT2D eigenvalue weighted by atomic mass is 16.6. The zero-order valence-electron chi connectivity index (χ0n) is 41.3. The molecule has 0 aliphatic carbocycles. The Bertz CT molecular complexity index is 1190. The van der Waals surface area contributed by atoms with Crippen molar-refractivity contribution >= 4 is 17.9 Å². The fourth-order valence-electron chi connectivity index (χ4n) is 7.12. The van der Waals surface area contributed by atoms with Crippen LogP contribution in [0.5, 0.6) is 0 Å². The molecule has 63 heavy (non-hydrogen) atoms. The molecule has 0 radical (unpaired) electrons. The summed E-state index contributed by atoms with van der Waals surface area (Å²) in [6.45, 7) is 6.53. The van der Waals surface area contributed by atoms with Crippen LogP contribution in [0.3, 0.4) is 0 Å². The molecule has 0 aromatic rings. The lowest BCUT2D eigenvalue weighted by Crippen LogP contribution is -2.30. The molecule has 0 fully saturated rings. The fourth-order valence-corrected chi connectivity index (χ4v) is 7.12. The highest BCUT2D eigenvalue weighted by Crippen LogP contribution is 2.13. The molecule has 0 aliphatic rings. The lowest BCUT2D eigenvalue weighted by molar-refractivity contribution is -0.167. The van der Waals surface area contributed by atoms with Crippen LogP contribution in [0.4, 0.5) is 0 Å². The van der Waals surface area contributed by atoms with Crippen LogP contribution in [0.25, 0.3) is 0 Å². The Hall–Kier alpha value is -3.15. The van der Waals surface area contributed by atoms with Crippen LogP contribution in [0.15, 0.2) is 72.9 Å². The SMILES string of the molecule is CCCCC/C=C\C/C=C\C/C=C\CCCCCCC(=O)O[C@H](COC(=O)CCCCCCC/C=C\C/C=C\CCCCC)COC(=O)CCCCCCC/C=C\CCCCCC. The van der Waals surface area contributed by atoms with E-state index in [0.29, 0.717) is 19.3 Å². The van der Waals surface area contributed by atoms with Gasteiger partial charge in [-0.05, 0) is 116 Å². The van der Waals surface area contributed by atoms with Gasteiger partial charge in [0.2, 0.25) is 0 Å². The van der Waals surface area contributed by atoms with Crippen LogP contribution in [0.2, 0.25) is 0 Å². The largest absolute Gasteiger partial charge is 0.462 e. The van der Waals surface area contributed by atoms with E-state index in [4.69, 9.17) is 14.2 Å². The fraction of sp³-hybridized carbons (Fsp3) is 0.737. The van der Waals surface area contributed by atoms with Crippen LogP contribution in [-0.2, 0) is 28.6 Å². The van der Waals surface area contributed by atoms with Crippen molar-refractivity contribution in [3.05, 3.63) is 72.9 Å². The van der Waals surface area contributed by atoms with Gasteiger partial charge in [0.15, 0.2) is 6.10 Å². The number of carbonyl (C=O) groups excluding carboxylic acids is 3. The quantitative estimate of drug-likeness (QED) is 0.0262. The maximum Gasteiger partial charge on any atom is 0.306 e. The summed E-state index contributed by atoms with van der Waals surface area (Å²) < 4.78 is 16.8. The van der Waals surface area contributed by atoms with Crippen molar-refractivity contribution in [2.45, 2.75) is 258 Å². The minimum absolute atomic E-state index is 0.0937. The van der Waals surface area contributed by atoms with Gasteiger partial charge in [0.05, 0.1) is 0 Å². The Morgan fingerprint density at radius 1 is 0.317 bits per heavy atom. The number of rotatable bonds is 47. The summed E-state index contributed by atoms with van der Waals surface area (Å²) in [5.41, 5.74) is 0. The molecule has 0 saturated carbocycles. The van der Waals surface area contributed by atoms with Gasteiger partial charge in [-0.15, -0.1) is 0 Å². The summed E-state index contributed by atoms with van der Waals surface area (Å²) >= 11 is 0. The van der Waals surface area contributed by atoms with Gasteiger partial charge >= 0.3 is 17.9 Å². The van der Waals surface area contributed by atoms with Crippen LogP contribution in [-0.4, -0.2) is 37.2 Å². The van der Waals surface area contributed by atoms with Crippen LogP contribution in [0.1, 0.15) is 252 Å². The second-order valence-electron chi connectivity index (χ2n) is 17.4. The first-order chi connectivity index (χ1) is 31.0. The van der Waals surface area contributed by atoms with Crippen molar-refractivity contribution in [1.82, 2.24) is 0 Å². The summed E-state index contributed by atoms with van der Waals surface area (Å²) in [5, 5.41) is 0. The topological polar surface area (TPSA) is 78.9 Å². The lowest BCUT2D eigenvalue weighted by Gasteiger charge is -2.18. The normalized spacial score (nSPS) is 12.6. The molecular formula is C57H98O6. The number of allylic oxidation sites excluding steroid dienone is 12. The first-order valence-corrected chi connectivity index (χ1v) is 26.4. The van der Waals surface area contributed by atoms with Crippen molar-refractivity contribution in [3.8, 4) is 0 Å². The number of carbonyl (C=O) groups is 3. The summed E-state index contributed by atoms with van der Waals surface area (Å²) in [4.78, 5) is 38.0. The Morgan fingerprint density at radius 2 is 0.571 bits per heavy atom. The van der Waals surface area contributed by atoms with Gasteiger partial charge < -0.3 is 14.2 Å². The van der Waals surface area contributed by atoms with E-state index in [2.05, 4.69) is 93.7 Å². The molecule has 0 rings (SSSR count). The summed E-state index contributed by atoms with van der Waals surface area (Å²) in [7, 11) is 0. The minimum atomic E-state index is -0.796. The monoisotopic (exact) mass is 879 g/mol. The van der Waals surface area contributed by atoms with Gasteiger partial charge in [-0.25, -0.2) is 0 Å². The smallest absolute Gasteiger partial charge is 0.306 e. The second-order valence-corrected chi connectivity index (χ2v) is 17.4. The number of unbranched alkanes of at least 4 members (excludes halogenated alkanes) is 24. The molecule has 0 aliphatic heterocycles. The van der Waals surface area contributed by atoms with E-state index in [1.165, 1.54) is 96.3 Å². The van der Waals surface area contributed by atoms with Gasteiger partial charge in [0, 0.05) is 19.3 Å². The number of hydrogen-bond acceptors (Lipinski definition) is 6. The third-order valence-electron chi connectivity index (χ3n) is 11.2. The Balaban J connectivity index is 4.46. The van der Waals surface area contributed by atoms with E-state index >= 15 is 0 Å². The highest BCUT2D eigenvalue weighted by Gasteiger charge is 2.19. The predicted octanol–water partition coefficient (Wildman–Crippen LogP) is 17.4. The van der Waals surface area contributed by atoms with Crippen molar-refractivity contribution in [2.75, 3.05) is 13.2 Å². The molecule has 0 spiro atoms. The molecule has 0 bridgehead atoms.